The number of nitrogens with zero attached hydrogens (tertiary/aromatic N) is 1. The van der Waals surface area contributed by atoms with Crippen molar-refractivity contribution in [2.75, 3.05) is 7.05 Å². The van der Waals surface area contributed by atoms with Crippen molar-refractivity contribution in [3.8, 4) is 0 Å². The Morgan fingerprint density at radius 1 is 1.31 bits per heavy atom. The van der Waals surface area contributed by atoms with Gasteiger partial charge in [0, 0.05) is 16.8 Å². The minimum atomic E-state index is 0.172. The Labute approximate surface area is 104 Å². The molecule has 2 rings (SSSR count). The van der Waals surface area contributed by atoms with E-state index in [1.54, 1.807) is 11.3 Å². The summed E-state index contributed by atoms with van der Waals surface area (Å²) in [4.78, 5) is 5.52. The van der Waals surface area contributed by atoms with Gasteiger partial charge in [-0.15, -0.1) is 11.3 Å². The average molecular weight is 253 g/mol. The molecule has 4 heteroatoms. The van der Waals surface area contributed by atoms with Gasteiger partial charge in [0.15, 0.2) is 0 Å². The Hall–Kier alpha value is -0.900. The van der Waals surface area contributed by atoms with E-state index in [1.165, 1.54) is 4.88 Å². The first kappa shape index (κ1) is 11.6. The summed E-state index contributed by atoms with van der Waals surface area (Å²) in [6.07, 6.45) is 1.91. The topological polar surface area (TPSA) is 24.9 Å². The molecule has 0 aromatic carbocycles. The van der Waals surface area contributed by atoms with Crippen molar-refractivity contribution < 1.29 is 0 Å². The standard InChI is InChI=1S/C12H13ClN2S/c1-8-3-4-9(7-15-8)12(14-2)10-5-6-11(13)16-10/h3-7,12,14H,1-2H3. The molecule has 1 N–H and O–H groups in total. The third-order valence-corrected chi connectivity index (χ3v) is 3.73. The maximum absolute atomic E-state index is 5.95. The zero-order valence-corrected chi connectivity index (χ0v) is 10.8. The highest BCUT2D eigenvalue weighted by Crippen LogP contribution is 2.30. The van der Waals surface area contributed by atoms with Crippen molar-refractivity contribution in [3.05, 3.63) is 50.9 Å². The van der Waals surface area contributed by atoms with E-state index in [2.05, 4.69) is 16.4 Å². The molecule has 0 radical (unpaired) electrons. The first-order chi connectivity index (χ1) is 7.70. The molecule has 2 heterocycles. The van der Waals surface area contributed by atoms with E-state index in [-0.39, 0.29) is 6.04 Å². The second-order valence-electron chi connectivity index (χ2n) is 3.60. The molecule has 0 bridgehead atoms. The minimum absolute atomic E-state index is 0.172. The molecule has 16 heavy (non-hydrogen) atoms. The lowest BCUT2D eigenvalue weighted by molar-refractivity contribution is 0.700. The predicted molar refractivity (Wildman–Crippen MR) is 69.2 cm³/mol. The first-order valence-electron chi connectivity index (χ1n) is 5.06. The molecule has 0 fully saturated rings. The molecular weight excluding hydrogens is 240 g/mol. The van der Waals surface area contributed by atoms with Gasteiger partial charge in [-0.25, -0.2) is 0 Å². The highest BCUT2D eigenvalue weighted by molar-refractivity contribution is 7.16. The molecular formula is C12H13ClN2S. The van der Waals surface area contributed by atoms with Gasteiger partial charge in [0.05, 0.1) is 10.4 Å². The van der Waals surface area contributed by atoms with Gasteiger partial charge in [-0.2, -0.15) is 0 Å². The third-order valence-electron chi connectivity index (χ3n) is 2.43. The summed E-state index contributed by atoms with van der Waals surface area (Å²) in [7, 11) is 1.94. The number of hydrogen-bond donors (Lipinski definition) is 1. The second-order valence-corrected chi connectivity index (χ2v) is 5.34. The molecule has 0 spiro atoms. The summed E-state index contributed by atoms with van der Waals surface area (Å²) in [5.41, 5.74) is 2.19. The fourth-order valence-electron chi connectivity index (χ4n) is 1.61. The molecule has 0 aliphatic carbocycles. The maximum atomic E-state index is 5.95. The van der Waals surface area contributed by atoms with Crippen LogP contribution in [0.15, 0.2) is 30.5 Å². The van der Waals surface area contributed by atoms with Crippen molar-refractivity contribution in [1.82, 2.24) is 10.3 Å². The van der Waals surface area contributed by atoms with E-state index < -0.39 is 0 Å². The molecule has 0 saturated carbocycles. The lowest BCUT2D eigenvalue weighted by atomic mass is 10.1. The molecule has 0 aliphatic rings. The molecule has 0 saturated heterocycles. The van der Waals surface area contributed by atoms with Crippen LogP contribution in [-0.2, 0) is 0 Å². The van der Waals surface area contributed by atoms with Gasteiger partial charge in [0.1, 0.15) is 0 Å². The summed E-state index contributed by atoms with van der Waals surface area (Å²) in [6.45, 7) is 1.99. The number of halogens is 1. The predicted octanol–water partition coefficient (Wildman–Crippen LogP) is 3.41. The van der Waals surface area contributed by atoms with Crippen LogP contribution in [-0.4, -0.2) is 12.0 Å². The summed E-state index contributed by atoms with van der Waals surface area (Å²) in [5.74, 6) is 0. The Kier molecular flexibility index (Phi) is 3.59. The third kappa shape index (κ3) is 2.43. The maximum Gasteiger partial charge on any atom is 0.0931 e. The van der Waals surface area contributed by atoms with Crippen LogP contribution in [0, 0.1) is 6.92 Å². The number of aryl methyl sites for hydroxylation is 1. The average Bonchev–Trinajstić information content (AvgIpc) is 2.69. The van der Waals surface area contributed by atoms with Crippen LogP contribution in [0.25, 0.3) is 0 Å². The number of thiophene rings is 1. The molecule has 2 aromatic rings. The Morgan fingerprint density at radius 2 is 2.12 bits per heavy atom. The van der Waals surface area contributed by atoms with E-state index in [0.717, 1.165) is 15.6 Å². The highest BCUT2D eigenvalue weighted by atomic mass is 35.5. The van der Waals surface area contributed by atoms with Crippen LogP contribution in [0.1, 0.15) is 22.2 Å². The van der Waals surface area contributed by atoms with Crippen molar-refractivity contribution >= 4 is 22.9 Å². The first-order valence-corrected chi connectivity index (χ1v) is 6.25. The van der Waals surface area contributed by atoms with Crippen LogP contribution < -0.4 is 5.32 Å². The Balaban J connectivity index is 2.32. The van der Waals surface area contributed by atoms with Crippen LogP contribution in [0.3, 0.4) is 0 Å². The van der Waals surface area contributed by atoms with E-state index in [1.807, 2.05) is 38.4 Å². The Morgan fingerprint density at radius 3 is 2.62 bits per heavy atom. The van der Waals surface area contributed by atoms with E-state index in [9.17, 15) is 0 Å². The molecule has 84 valence electrons. The SMILES string of the molecule is CNC(c1ccc(C)nc1)c1ccc(Cl)s1. The summed E-state index contributed by atoms with van der Waals surface area (Å²) in [5, 5.41) is 3.28. The van der Waals surface area contributed by atoms with Crippen LogP contribution in [0.4, 0.5) is 0 Å². The van der Waals surface area contributed by atoms with Crippen molar-refractivity contribution in [2.24, 2.45) is 0 Å². The van der Waals surface area contributed by atoms with Crippen LogP contribution in [0.5, 0.6) is 0 Å². The van der Waals surface area contributed by atoms with Crippen molar-refractivity contribution in [3.63, 3.8) is 0 Å². The van der Waals surface area contributed by atoms with Gasteiger partial charge < -0.3 is 5.32 Å². The number of rotatable bonds is 3. The van der Waals surface area contributed by atoms with Gasteiger partial charge in [0.25, 0.3) is 0 Å². The van der Waals surface area contributed by atoms with Gasteiger partial charge in [-0.3, -0.25) is 4.98 Å². The molecule has 2 nitrogen and oxygen atoms in total. The fraction of sp³-hybridized carbons (Fsp3) is 0.250. The van der Waals surface area contributed by atoms with E-state index in [4.69, 9.17) is 11.6 Å². The van der Waals surface area contributed by atoms with Gasteiger partial charge in [-0.1, -0.05) is 17.7 Å². The smallest absolute Gasteiger partial charge is 0.0931 e. The molecule has 0 amide bonds. The fourth-order valence-corrected chi connectivity index (χ4v) is 2.81. The second kappa shape index (κ2) is 4.95. The molecule has 2 aromatic heterocycles. The Bertz CT molecular complexity index is 464. The largest absolute Gasteiger partial charge is 0.309 e. The zero-order valence-electron chi connectivity index (χ0n) is 9.20. The van der Waals surface area contributed by atoms with E-state index >= 15 is 0 Å². The number of nitrogens with one attached hydrogen (secondary N) is 1. The molecule has 1 unspecified atom stereocenters. The lowest BCUT2D eigenvalue weighted by Crippen LogP contribution is -2.16. The summed E-state index contributed by atoms with van der Waals surface area (Å²) >= 11 is 7.54. The number of pyridine rings is 1. The van der Waals surface area contributed by atoms with Gasteiger partial charge in [-0.05, 0) is 37.7 Å². The van der Waals surface area contributed by atoms with Gasteiger partial charge in [0.2, 0.25) is 0 Å². The quantitative estimate of drug-likeness (QED) is 0.906. The normalized spacial score (nSPS) is 12.7. The number of hydrogen-bond acceptors (Lipinski definition) is 3. The molecule has 0 aliphatic heterocycles. The van der Waals surface area contributed by atoms with Crippen LogP contribution >= 0.6 is 22.9 Å². The van der Waals surface area contributed by atoms with Crippen molar-refractivity contribution in [1.29, 1.82) is 0 Å². The molecule has 1 atom stereocenters. The van der Waals surface area contributed by atoms with Crippen molar-refractivity contribution in [2.45, 2.75) is 13.0 Å². The van der Waals surface area contributed by atoms with Gasteiger partial charge >= 0.3 is 0 Å². The van der Waals surface area contributed by atoms with E-state index in [0.29, 0.717) is 0 Å². The monoisotopic (exact) mass is 252 g/mol. The summed E-state index contributed by atoms with van der Waals surface area (Å²) < 4.78 is 0.815. The van der Waals surface area contributed by atoms with Crippen LogP contribution in [0.2, 0.25) is 4.34 Å². The minimum Gasteiger partial charge on any atom is -0.309 e. The zero-order chi connectivity index (χ0) is 11.5. The highest BCUT2D eigenvalue weighted by Gasteiger charge is 2.14. The lowest BCUT2D eigenvalue weighted by Gasteiger charge is -2.14. The summed E-state index contributed by atoms with van der Waals surface area (Å²) in [6, 6.07) is 8.26. The number of aromatic nitrogens is 1.